The van der Waals surface area contributed by atoms with E-state index in [1.807, 2.05) is 60.7 Å². The lowest BCUT2D eigenvalue weighted by molar-refractivity contribution is -0.112. The number of nitrogens with one attached hydrogen (secondary N) is 2. The molecule has 0 radical (unpaired) electrons. The van der Waals surface area contributed by atoms with Crippen LogP contribution < -0.4 is 20.1 Å². The van der Waals surface area contributed by atoms with E-state index in [9.17, 15) is 10.1 Å². The third kappa shape index (κ3) is 6.65. The van der Waals surface area contributed by atoms with Gasteiger partial charge in [0.15, 0.2) is 0 Å². The average molecular weight is 413 g/mol. The Morgan fingerprint density at radius 1 is 0.968 bits per heavy atom. The summed E-state index contributed by atoms with van der Waals surface area (Å²) in [5.74, 6) is 1.70. The molecule has 3 aromatic rings. The van der Waals surface area contributed by atoms with Crippen molar-refractivity contribution in [1.82, 2.24) is 5.32 Å². The van der Waals surface area contributed by atoms with Crippen LogP contribution in [0.25, 0.3) is 0 Å². The SMILES string of the molecule is COc1cccc(CCN/C=C(/C#N)C(=O)Nc2ccc(Oc3ccccc3)cc2)c1. The molecule has 0 aliphatic heterocycles. The second-order valence-corrected chi connectivity index (χ2v) is 6.62. The minimum absolute atomic E-state index is 0.00439. The molecule has 0 aliphatic carbocycles. The molecular formula is C25H23N3O3. The van der Waals surface area contributed by atoms with Crippen LogP contribution in [0.15, 0.2) is 90.6 Å². The molecule has 156 valence electrons. The van der Waals surface area contributed by atoms with Crippen molar-refractivity contribution in [3.63, 3.8) is 0 Å². The van der Waals surface area contributed by atoms with Crippen LogP contribution in [0.3, 0.4) is 0 Å². The number of amides is 1. The van der Waals surface area contributed by atoms with Crippen LogP contribution in [0.5, 0.6) is 17.2 Å². The molecule has 0 bridgehead atoms. The minimum Gasteiger partial charge on any atom is -0.497 e. The van der Waals surface area contributed by atoms with Gasteiger partial charge in [-0.15, -0.1) is 0 Å². The first-order valence-corrected chi connectivity index (χ1v) is 9.79. The van der Waals surface area contributed by atoms with Gasteiger partial charge < -0.3 is 20.1 Å². The van der Waals surface area contributed by atoms with E-state index >= 15 is 0 Å². The van der Waals surface area contributed by atoms with Gasteiger partial charge in [0.05, 0.1) is 7.11 Å². The second-order valence-electron chi connectivity index (χ2n) is 6.62. The van der Waals surface area contributed by atoms with Crippen molar-refractivity contribution in [3.8, 4) is 23.3 Å². The number of hydrogen-bond donors (Lipinski definition) is 2. The highest BCUT2D eigenvalue weighted by Crippen LogP contribution is 2.22. The maximum absolute atomic E-state index is 12.4. The Bertz CT molecular complexity index is 1070. The number of nitrogens with zero attached hydrogens (tertiary/aromatic N) is 1. The Kier molecular flexibility index (Phi) is 7.67. The number of anilines is 1. The van der Waals surface area contributed by atoms with Gasteiger partial charge in [0.1, 0.15) is 28.9 Å². The number of hydrogen-bond acceptors (Lipinski definition) is 5. The quantitative estimate of drug-likeness (QED) is 0.303. The fourth-order valence-electron chi connectivity index (χ4n) is 2.80. The smallest absolute Gasteiger partial charge is 0.267 e. The van der Waals surface area contributed by atoms with Gasteiger partial charge in [-0.3, -0.25) is 4.79 Å². The van der Waals surface area contributed by atoms with Crippen LogP contribution in [0.4, 0.5) is 5.69 Å². The highest BCUT2D eigenvalue weighted by Gasteiger charge is 2.09. The van der Waals surface area contributed by atoms with Crippen molar-refractivity contribution in [2.45, 2.75) is 6.42 Å². The molecule has 2 N–H and O–H groups in total. The molecule has 0 fully saturated rings. The number of ether oxygens (including phenoxy) is 2. The summed E-state index contributed by atoms with van der Waals surface area (Å²) in [7, 11) is 1.63. The van der Waals surface area contributed by atoms with Crippen molar-refractivity contribution >= 4 is 11.6 Å². The van der Waals surface area contributed by atoms with Gasteiger partial charge in [-0.2, -0.15) is 5.26 Å². The fraction of sp³-hybridized carbons (Fsp3) is 0.120. The molecule has 0 aliphatic rings. The molecule has 6 nitrogen and oxygen atoms in total. The van der Waals surface area contributed by atoms with E-state index in [1.54, 1.807) is 31.4 Å². The maximum Gasteiger partial charge on any atom is 0.267 e. The molecule has 0 atom stereocenters. The van der Waals surface area contributed by atoms with Crippen LogP contribution in [-0.2, 0) is 11.2 Å². The van der Waals surface area contributed by atoms with Gasteiger partial charge in [-0.1, -0.05) is 30.3 Å². The van der Waals surface area contributed by atoms with Gasteiger partial charge in [0.25, 0.3) is 5.91 Å². The first kappa shape index (κ1) is 21.5. The Morgan fingerprint density at radius 2 is 1.68 bits per heavy atom. The first-order chi connectivity index (χ1) is 15.2. The van der Waals surface area contributed by atoms with E-state index in [0.717, 1.165) is 23.5 Å². The van der Waals surface area contributed by atoms with Gasteiger partial charge in [-0.25, -0.2) is 0 Å². The van der Waals surface area contributed by atoms with Gasteiger partial charge in [0, 0.05) is 18.4 Å². The van der Waals surface area contributed by atoms with Crippen molar-refractivity contribution in [1.29, 1.82) is 5.26 Å². The van der Waals surface area contributed by atoms with Crippen molar-refractivity contribution in [2.24, 2.45) is 0 Å². The number of carbonyl (C=O) groups excluding carboxylic acids is 1. The van der Waals surface area contributed by atoms with E-state index in [-0.39, 0.29) is 5.57 Å². The standard InChI is InChI=1S/C25H23N3O3/c1-30-24-9-5-6-19(16-24)14-15-27-18-20(17-26)25(29)28-21-10-12-23(13-11-21)31-22-7-3-2-4-8-22/h2-13,16,18,27H,14-15H2,1H3,(H,28,29)/b20-18-. The van der Waals surface area contributed by atoms with Crippen LogP contribution in [0, 0.1) is 11.3 Å². The zero-order valence-electron chi connectivity index (χ0n) is 17.2. The predicted molar refractivity (Wildman–Crippen MR) is 120 cm³/mol. The Morgan fingerprint density at radius 3 is 2.39 bits per heavy atom. The largest absolute Gasteiger partial charge is 0.497 e. The molecule has 3 aromatic carbocycles. The molecule has 0 unspecified atom stereocenters. The number of para-hydroxylation sites is 1. The van der Waals surface area contributed by atoms with Gasteiger partial charge in [-0.05, 0) is 60.5 Å². The second kappa shape index (κ2) is 11.1. The lowest BCUT2D eigenvalue weighted by Gasteiger charge is -2.08. The lowest BCUT2D eigenvalue weighted by Crippen LogP contribution is -2.18. The van der Waals surface area contributed by atoms with E-state index < -0.39 is 5.91 Å². The van der Waals surface area contributed by atoms with Crippen LogP contribution >= 0.6 is 0 Å². The molecule has 0 spiro atoms. The molecule has 0 aromatic heterocycles. The third-order valence-electron chi connectivity index (χ3n) is 4.39. The molecular weight excluding hydrogens is 390 g/mol. The fourth-order valence-corrected chi connectivity index (χ4v) is 2.80. The van der Waals surface area contributed by atoms with Crippen LogP contribution in [0.2, 0.25) is 0 Å². The topological polar surface area (TPSA) is 83.4 Å². The van der Waals surface area contributed by atoms with Gasteiger partial charge >= 0.3 is 0 Å². The Balaban J connectivity index is 1.51. The predicted octanol–water partition coefficient (Wildman–Crippen LogP) is 4.67. The van der Waals surface area contributed by atoms with E-state index in [0.29, 0.717) is 18.0 Å². The average Bonchev–Trinajstić information content (AvgIpc) is 2.81. The van der Waals surface area contributed by atoms with Crippen LogP contribution in [0.1, 0.15) is 5.56 Å². The summed E-state index contributed by atoms with van der Waals surface area (Å²) >= 11 is 0. The van der Waals surface area contributed by atoms with E-state index in [2.05, 4.69) is 10.6 Å². The lowest BCUT2D eigenvalue weighted by atomic mass is 10.1. The summed E-state index contributed by atoms with van der Waals surface area (Å²) in [6.07, 6.45) is 2.17. The van der Waals surface area contributed by atoms with E-state index in [4.69, 9.17) is 9.47 Å². The first-order valence-electron chi connectivity index (χ1n) is 9.79. The van der Waals surface area contributed by atoms with Crippen molar-refractivity contribution < 1.29 is 14.3 Å². The Labute approximate surface area is 181 Å². The summed E-state index contributed by atoms with van der Waals surface area (Å²) in [6.45, 7) is 0.581. The molecule has 31 heavy (non-hydrogen) atoms. The molecule has 0 heterocycles. The van der Waals surface area contributed by atoms with E-state index in [1.165, 1.54) is 6.20 Å². The van der Waals surface area contributed by atoms with Crippen molar-refractivity contribution in [2.75, 3.05) is 19.0 Å². The molecule has 0 saturated heterocycles. The van der Waals surface area contributed by atoms with Crippen molar-refractivity contribution in [3.05, 3.63) is 96.2 Å². The normalized spacial score (nSPS) is 10.6. The highest BCUT2D eigenvalue weighted by molar-refractivity contribution is 6.06. The summed E-state index contributed by atoms with van der Waals surface area (Å²) in [5.41, 5.74) is 1.67. The van der Waals surface area contributed by atoms with Crippen LogP contribution in [-0.4, -0.2) is 19.6 Å². The monoisotopic (exact) mass is 413 g/mol. The zero-order valence-corrected chi connectivity index (χ0v) is 17.2. The number of benzene rings is 3. The molecule has 0 saturated carbocycles. The number of carbonyl (C=O) groups is 1. The highest BCUT2D eigenvalue weighted by atomic mass is 16.5. The number of rotatable bonds is 9. The Hall–Kier alpha value is -4.24. The molecule has 3 rings (SSSR count). The summed E-state index contributed by atoms with van der Waals surface area (Å²) in [6, 6.07) is 26.1. The number of nitriles is 1. The van der Waals surface area contributed by atoms with Gasteiger partial charge in [0.2, 0.25) is 0 Å². The summed E-state index contributed by atoms with van der Waals surface area (Å²) < 4.78 is 10.9. The third-order valence-corrected chi connectivity index (χ3v) is 4.39. The minimum atomic E-state index is -0.479. The molecule has 1 amide bonds. The zero-order chi connectivity index (χ0) is 21.9. The molecule has 6 heteroatoms. The number of methoxy groups -OCH3 is 1. The summed E-state index contributed by atoms with van der Waals surface area (Å²) in [4.78, 5) is 12.4. The summed E-state index contributed by atoms with van der Waals surface area (Å²) in [5, 5.41) is 15.0. The maximum atomic E-state index is 12.4.